The molecule has 6 nitrogen and oxygen atoms in total. The Bertz CT molecular complexity index is 509. The van der Waals surface area contributed by atoms with Crippen molar-refractivity contribution in [2.45, 2.75) is 19.3 Å². The zero-order valence-electron chi connectivity index (χ0n) is 13.8. The second-order valence-electron chi connectivity index (χ2n) is 6.27. The standard InChI is InChI=1S/C17H27N5O/c23-17(20-7-4-10-21-13-8-18-9-14-21)15-5-3-6-19-16(15)22-11-1-2-12-22/h3,5-6,18H,1-2,4,7-14H2,(H,20,23). The first kappa shape index (κ1) is 16.2. The van der Waals surface area contributed by atoms with Gasteiger partial charge in [-0.05, 0) is 37.9 Å². The van der Waals surface area contributed by atoms with Crippen molar-refractivity contribution in [3.8, 4) is 0 Å². The molecular weight excluding hydrogens is 290 g/mol. The van der Waals surface area contributed by atoms with Crippen molar-refractivity contribution in [1.82, 2.24) is 20.5 Å². The fraction of sp³-hybridized carbons (Fsp3) is 0.647. The number of aromatic nitrogens is 1. The number of carbonyl (C=O) groups is 1. The predicted octanol–water partition coefficient (Wildman–Crippen LogP) is 0.707. The average Bonchev–Trinajstić information content (AvgIpc) is 3.14. The number of hydrogen-bond acceptors (Lipinski definition) is 5. The number of nitrogens with zero attached hydrogens (tertiary/aromatic N) is 3. The zero-order valence-corrected chi connectivity index (χ0v) is 13.8. The lowest BCUT2D eigenvalue weighted by Gasteiger charge is -2.27. The van der Waals surface area contributed by atoms with Gasteiger partial charge in [-0.2, -0.15) is 0 Å². The summed E-state index contributed by atoms with van der Waals surface area (Å²) in [5, 5.41) is 6.41. The van der Waals surface area contributed by atoms with Crippen LogP contribution in [0.3, 0.4) is 0 Å². The molecule has 0 bridgehead atoms. The van der Waals surface area contributed by atoms with Gasteiger partial charge in [-0.3, -0.25) is 4.79 Å². The summed E-state index contributed by atoms with van der Waals surface area (Å²) in [6.07, 6.45) is 5.13. The van der Waals surface area contributed by atoms with Gasteiger partial charge in [0, 0.05) is 52.0 Å². The third-order valence-corrected chi connectivity index (χ3v) is 4.58. The first-order chi connectivity index (χ1) is 11.3. The number of carbonyl (C=O) groups excluding carboxylic acids is 1. The van der Waals surface area contributed by atoms with Crippen molar-refractivity contribution < 1.29 is 4.79 Å². The molecule has 23 heavy (non-hydrogen) atoms. The molecule has 3 heterocycles. The van der Waals surface area contributed by atoms with Crippen LogP contribution in [0.5, 0.6) is 0 Å². The zero-order chi connectivity index (χ0) is 15.9. The Hall–Kier alpha value is -1.66. The van der Waals surface area contributed by atoms with Crippen LogP contribution in [0.2, 0.25) is 0 Å². The predicted molar refractivity (Wildman–Crippen MR) is 91.9 cm³/mol. The van der Waals surface area contributed by atoms with E-state index in [-0.39, 0.29) is 5.91 Å². The lowest BCUT2D eigenvalue weighted by molar-refractivity contribution is 0.0951. The van der Waals surface area contributed by atoms with Gasteiger partial charge in [0.1, 0.15) is 5.82 Å². The topological polar surface area (TPSA) is 60.5 Å². The quantitative estimate of drug-likeness (QED) is 0.757. The van der Waals surface area contributed by atoms with Gasteiger partial charge in [-0.15, -0.1) is 0 Å². The Labute approximate surface area is 138 Å². The molecule has 0 aliphatic carbocycles. The highest BCUT2D eigenvalue weighted by Gasteiger charge is 2.20. The van der Waals surface area contributed by atoms with Crippen molar-refractivity contribution in [3.05, 3.63) is 23.9 Å². The Balaban J connectivity index is 1.48. The summed E-state index contributed by atoms with van der Waals surface area (Å²) in [4.78, 5) is 21.6. The molecule has 2 aliphatic heterocycles. The highest BCUT2D eigenvalue weighted by Crippen LogP contribution is 2.21. The Kier molecular flexibility index (Phi) is 5.82. The van der Waals surface area contributed by atoms with Crippen LogP contribution in [0.4, 0.5) is 5.82 Å². The molecule has 2 fully saturated rings. The average molecular weight is 317 g/mol. The number of hydrogen-bond donors (Lipinski definition) is 2. The summed E-state index contributed by atoms with van der Waals surface area (Å²) >= 11 is 0. The Morgan fingerprint density at radius 3 is 2.78 bits per heavy atom. The second-order valence-corrected chi connectivity index (χ2v) is 6.27. The van der Waals surface area contributed by atoms with E-state index in [2.05, 4.69) is 25.4 Å². The van der Waals surface area contributed by atoms with Gasteiger partial charge in [0.2, 0.25) is 0 Å². The van der Waals surface area contributed by atoms with Gasteiger partial charge in [-0.1, -0.05) is 0 Å². The lowest BCUT2D eigenvalue weighted by atomic mass is 10.2. The maximum atomic E-state index is 12.5. The Morgan fingerprint density at radius 2 is 2.00 bits per heavy atom. The third kappa shape index (κ3) is 4.42. The van der Waals surface area contributed by atoms with Crippen molar-refractivity contribution in [2.75, 3.05) is 57.3 Å². The highest BCUT2D eigenvalue weighted by molar-refractivity contribution is 5.98. The lowest BCUT2D eigenvalue weighted by Crippen LogP contribution is -2.44. The molecule has 0 radical (unpaired) electrons. The van der Waals surface area contributed by atoms with E-state index >= 15 is 0 Å². The number of nitrogens with one attached hydrogen (secondary N) is 2. The van der Waals surface area contributed by atoms with Crippen LogP contribution in [0, 0.1) is 0 Å². The largest absolute Gasteiger partial charge is 0.356 e. The van der Waals surface area contributed by atoms with E-state index in [0.29, 0.717) is 5.56 Å². The summed E-state index contributed by atoms with van der Waals surface area (Å²) in [6.45, 7) is 8.12. The third-order valence-electron chi connectivity index (χ3n) is 4.58. The summed E-state index contributed by atoms with van der Waals surface area (Å²) in [6, 6.07) is 3.72. The van der Waals surface area contributed by atoms with Crippen LogP contribution in [-0.4, -0.2) is 68.1 Å². The molecule has 1 amide bonds. The van der Waals surface area contributed by atoms with Gasteiger partial charge in [0.15, 0.2) is 0 Å². The fourth-order valence-electron chi connectivity index (χ4n) is 3.29. The minimum Gasteiger partial charge on any atom is -0.356 e. The maximum Gasteiger partial charge on any atom is 0.255 e. The molecule has 0 unspecified atom stereocenters. The molecule has 2 saturated heterocycles. The van der Waals surface area contributed by atoms with Crippen LogP contribution in [0.25, 0.3) is 0 Å². The minimum atomic E-state index is 0.000288. The van der Waals surface area contributed by atoms with Crippen LogP contribution in [-0.2, 0) is 0 Å². The summed E-state index contributed by atoms with van der Waals surface area (Å²) in [5.41, 5.74) is 0.705. The van der Waals surface area contributed by atoms with Crippen molar-refractivity contribution in [2.24, 2.45) is 0 Å². The normalized spacial score (nSPS) is 19.0. The van der Waals surface area contributed by atoms with Gasteiger partial charge >= 0.3 is 0 Å². The van der Waals surface area contributed by atoms with Crippen molar-refractivity contribution in [1.29, 1.82) is 0 Å². The molecule has 0 atom stereocenters. The van der Waals surface area contributed by atoms with E-state index in [9.17, 15) is 4.79 Å². The highest BCUT2D eigenvalue weighted by atomic mass is 16.1. The van der Waals surface area contributed by atoms with E-state index in [1.54, 1.807) is 6.20 Å². The van der Waals surface area contributed by atoms with Crippen LogP contribution < -0.4 is 15.5 Å². The molecule has 126 valence electrons. The first-order valence-corrected chi connectivity index (χ1v) is 8.76. The van der Waals surface area contributed by atoms with Crippen LogP contribution >= 0.6 is 0 Å². The molecule has 1 aromatic rings. The SMILES string of the molecule is O=C(NCCCN1CCNCC1)c1cccnc1N1CCCC1. The van der Waals surface area contributed by atoms with Crippen LogP contribution in [0.1, 0.15) is 29.6 Å². The molecule has 0 spiro atoms. The Morgan fingerprint density at radius 1 is 1.22 bits per heavy atom. The summed E-state index contributed by atoms with van der Waals surface area (Å²) in [5.74, 6) is 0.838. The maximum absolute atomic E-state index is 12.5. The fourth-order valence-corrected chi connectivity index (χ4v) is 3.29. The van der Waals surface area contributed by atoms with E-state index < -0.39 is 0 Å². The van der Waals surface area contributed by atoms with Gasteiger partial charge < -0.3 is 20.4 Å². The molecule has 3 rings (SSSR count). The molecule has 6 heteroatoms. The number of pyridine rings is 1. The van der Waals surface area contributed by atoms with Crippen molar-refractivity contribution >= 4 is 11.7 Å². The van der Waals surface area contributed by atoms with E-state index in [0.717, 1.165) is 64.6 Å². The van der Waals surface area contributed by atoms with Crippen LogP contribution in [0.15, 0.2) is 18.3 Å². The second kappa shape index (κ2) is 8.26. The number of piperazine rings is 1. The number of rotatable bonds is 6. The first-order valence-electron chi connectivity index (χ1n) is 8.76. The molecule has 2 aliphatic rings. The van der Waals surface area contributed by atoms with E-state index in [4.69, 9.17) is 0 Å². The van der Waals surface area contributed by atoms with Gasteiger partial charge in [0.25, 0.3) is 5.91 Å². The molecule has 0 saturated carbocycles. The molecule has 0 aromatic carbocycles. The van der Waals surface area contributed by atoms with Gasteiger partial charge in [-0.25, -0.2) is 4.98 Å². The van der Waals surface area contributed by atoms with Crippen molar-refractivity contribution in [3.63, 3.8) is 0 Å². The summed E-state index contributed by atoms with van der Waals surface area (Å²) < 4.78 is 0. The van der Waals surface area contributed by atoms with E-state index in [1.165, 1.54) is 12.8 Å². The summed E-state index contributed by atoms with van der Waals surface area (Å²) in [7, 11) is 0. The minimum absolute atomic E-state index is 0.000288. The van der Waals surface area contributed by atoms with Gasteiger partial charge in [0.05, 0.1) is 5.56 Å². The number of amides is 1. The smallest absolute Gasteiger partial charge is 0.255 e. The molecule has 2 N–H and O–H groups in total. The molecular formula is C17H27N5O. The molecule has 1 aromatic heterocycles. The monoisotopic (exact) mass is 317 g/mol. The van der Waals surface area contributed by atoms with E-state index in [1.807, 2.05) is 12.1 Å². The number of anilines is 1.